The van der Waals surface area contributed by atoms with Crippen LogP contribution in [-0.2, 0) is 5.33 Å². The lowest BCUT2D eigenvalue weighted by atomic mass is 10.1. The molecule has 1 aromatic heterocycles. The van der Waals surface area contributed by atoms with Crippen molar-refractivity contribution in [2.75, 3.05) is 0 Å². The van der Waals surface area contributed by atoms with Gasteiger partial charge in [0.15, 0.2) is 0 Å². The molecular weight excluding hydrogens is 345 g/mol. The third-order valence-electron chi connectivity index (χ3n) is 1.90. The number of rotatable bonds is 2. The van der Waals surface area contributed by atoms with Crippen LogP contribution in [-0.4, -0.2) is 5.16 Å². The van der Waals surface area contributed by atoms with Crippen LogP contribution >= 0.6 is 43.5 Å². The number of halogens is 3. The van der Waals surface area contributed by atoms with E-state index in [-0.39, 0.29) is 0 Å². The summed E-state index contributed by atoms with van der Waals surface area (Å²) in [5, 5.41) is 5.29. The lowest BCUT2D eigenvalue weighted by Crippen LogP contribution is -1.79. The van der Waals surface area contributed by atoms with Crippen LogP contribution in [0.4, 0.5) is 0 Å². The summed E-state index contributed by atoms with van der Waals surface area (Å²) in [5.74, 6) is 0.789. The van der Waals surface area contributed by atoms with E-state index in [2.05, 4.69) is 37.0 Å². The van der Waals surface area contributed by atoms with Gasteiger partial charge < -0.3 is 4.52 Å². The molecule has 0 radical (unpaired) electrons. The van der Waals surface area contributed by atoms with Crippen LogP contribution in [0.1, 0.15) is 5.76 Å². The fraction of sp³-hybridized carbons (Fsp3) is 0.100. The molecular formula is C10H6Br2ClNO. The van der Waals surface area contributed by atoms with E-state index < -0.39 is 0 Å². The third-order valence-corrected chi connectivity index (χ3v) is 3.37. The van der Waals surface area contributed by atoms with Crippen LogP contribution in [0.2, 0.25) is 5.02 Å². The second-order valence-corrected chi connectivity index (χ2v) is 4.79. The van der Waals surface area contributed by atoms with Crippen LogP contribution < -0.4 is 0 Å². The minimum atomic E-state index is 0.651. The van der Waals surface area contributed by atoms with Crippen molar-refractivity contribution < 1.29 is 4.52 Å². The smallest absolute Gasteiger partial charge is 0.147 e. The molecule has 0 aliphatic rings. The van der Waals surface area contributed by atoms with Crippen LogP contribution in [0.3, 0.4) is 0 Å². The maximum Gasteiger partial charge on any atom is 0.147 e. The molecule has 5 heteroatoms. The second kappa shape index (κ2) is 4.68. The Balaban J connectivity index is 2.48. The van der Waals surface area contributed by atoms with Gasteiger partial charge in [0.05, 0.1) is 5.33 Å². The SMILES string of the molecule is Clc1ccc(Br)c(-c2cc(CBr)on2)c1. The van der Waals surface area contributed by atoms with Crippen molar-refractivity contribution in [3.63, 3.8) is 0 Å². The van der Waals surface area contributed by atoms with Crippen molar-refractivity contribution in [2.45, 2.75) is 5.33 Å². The van der Waals surface area contributed by atoms with E-state index in [0.717, 1.165) is 21.5 Å². The van der Waals surface area contributed by atoms with Crippen molar-refractivity contribution in [1.29, 1.82) is 0 Å². The average molecular weight is 351 g/mol. The predicted octanol–water partition coefficient (Wildman–Crippen LogP) is 4.65. The predicted molar refractivity (Wildman–Crippen MR) is 67.3 cm³/mol. The number of hydrogen-bond donors (Lipinski definition) is 0. The summed E-state index contributed by atoms with van der Waals surface area (Å²) in [6, 6.07) is 7.44. The minimum Gasteiger partial charge on any atom is -0.360 e. The first-order valence-corrected chi connectivity index (χ1v) is 6.47. The van der Waals surface area contributed by atoms with E-state index in [1.165, 1.54) is 0 Å². The van der Waals surface area contributed by atoms with E-state index >= 15 is 0 Å². The Morgan fingerprint density at radius 1 is 1.33 bits per heavy atom. The first-order chi connectivity index (χ1) is 7.20. The van der Waals surface area contributed by atoms with E-state index in [9.17, 15) is 0 Å². The van der Waals surface area contributed by atoms with Gasteiger partial charge in [0.2, 0.25) is 0 Å². The van der Waals surface area contributed by atoms with Crippen LogP contribution in [0.15, 0.2) is 33.3 Å². The summed E-state index contributed by atoms with van der Waals surface area (Å²) in [4.78, 5) is 0. The highest BCUT2D eigenvalue weighted by Gasteiger charge is 2.09. The van der Waals surface area contributed by atoms with Gasteiger partial charge in [0.25, 0.3) is 0 Å². The summed E-state index contributed by atoms with van der Waals surface area (Å²) in [7, 11) is 0. The zero-order valence-electron chi connectivity index (χ0n) is 7.51. The highest BCUT2D eigenvalue weighted by atomic mass is 79.9. The Labute approximate surface area is 109 Å². The molecule has 1 aromatic carbocycles. The van der Waals surface area contributed by atoms with Crippen molar-refractivity contribution in [3.05, 3.63) is 39.5 Å². The summed E-state index contributed by atoms with van der Waals surface area (Å²) in [5.41, 5.74) is 1.71. The molecule has 0 spiro atoms. The zero-order valence-corrected chi connectivity index (χ0v) is 11.4. The molecule has 0 N–H and O–H groups in total. The van der Waals surface area contributed by atoms with Gasteiger partial charge in [0.1, 0.15) is 11.5 Å². The van der Waals surface area contributed by atoms with E-state index in [4.69, 9.17) is 16.1 Å². The maximum absolute atomic E-state index is 5.92. The molecule has 0 amide bonds. The lowest BCUT2D eigenvalue weighted by Gasteiger charge is -1.99. The van der Waals surface area contributed by atoms with E-state index in [0.29, 0.717) is 10.4 Å². The molecule has 1 heterocycles. The fourth-order valence-electron chi connectivity index (χ4n) is 1.20. The van der Waals surface area contributed by atoms with Gasteiger partial charge in [-0.3, -0.25) is 0 Å². The number of hydrogen-bond acceptors (Lipinski definition) is 2. The fourth-order valence-corrected chi connectivity index (χ4v) is 2.08. The molecule has 0 unspecified atom stereocenters. The zero-order chi connectivity index (χ0) is 10.8. The lowest BCUT2D eigenvalue weighted by molar-refractivity contribution is 0.398. The van der Waals surface area contributed by atoms with E-state index in [1.54, 1.807) is 0 Å². The molecule has 78 valence electrons. The normalized spacial score (nSPS) is 10.6. The molecule has 0 saturated carbocycles. The molecule has 0 bridgehead atoms. The molecule has 2 rings (SSSR count). The average Bonchev–Trinajstić information content (AvgIpc) is 2.70. The van der Waals surface area contributed by atoms with Gasteiger partial charge in [-0.1, -0.05) is 48.6 Å². The molecule has 2 aromatic rings. The molecule has 0 fully saturated rings. The van der Waals surface area contributed by atoms with Crippen molar-refractivity contribution in [3.8, 4) is 11.3 Å². The summed E-state index contributed by atoms with van der Waals surface area (Å²) < 4.78 is 6.05. The van der Waals surface area contributed by atoms with Crippen molar-refractivity contribution in [2.24, 2.45) is 0 Å². The number of alkyl halides is 1. The highest BCUT2D eigenvalue weighted by molar-refractivity contribution is 9.10. The first kappa shape index (κ1) is 11.2. The van der Waals surface area contributed by atoms with Gasteiger partial charge in [-0.25, -0.2) is 0 Å². The molecule has 15 heavy (non-hydrogen) atoms. The summed E-state index contributed by atoms with van der Waals surface area (Å²) in [6.07, 6.45) is 0. The van der Waals surface area contributed by atoms with Gasteiger partial charge in [-0.15, -0.1) is 0 Å². The Morgan fingerprint density at radius 3 is 2.80 bits per heavy atom. The maximum atomic E-state index is 5.92. The third kappa shape index (κ3) is 2.44. The summed E-state index contributed by atoms with van der Waals surface area (Å²) >= 11 is 12.7. The van der Waals surface area contributed by atoms with Gasteiger partial charge in [-0.05, 0) is 18.2 Å². The Hall–Kier alpha value is -0.320. The topological polar surface area (TPSA) is 26.0 Å². The highest BCUT2D eigenvalue weighted by Crippen LogP contribution is 2.30. The van der Waals surface area contributed by atoms with Crippen LogP contribution in [0.5, 0.6) is 0 Å². The minimum absolute atomic E-state index is 0.651. The molecule has 0 aliphatic heterocycles. The number of benzene rings is 1. The second-order valence-electron chi connectivity index (χ2n) is 2.94. The monoisotopic (exact) mass is 349 g/mol. The van der Waals surface area contributed by atoms with Crippen molar-refractivity contribution >= 4 is 43.5 Å². The summed E-state index contributed by atoms with van der Waals surface area (Å²) in [6.45, 7) is 0. The Bertz CT molecular complexity index is 484. The number of nitrogens with zero attached hydrogens (tertiary/aromatic N) is 1. The molecule has 0 aliphatic carbocycles. The Morgan fingerprint density at radius 2 is 2.13 bits per heavy atom. The van der Waals surface area contributed by atoms with Crippen LogP contribution in [0.25, 0.3) is 11.3 Å². The quantitative estimate of drug-likeness (QED) is 0.736. The van der Waals surface area contributed by atoms with Crippen molar-refractivity contribution in [1.82, 2.24) is 5.16 Å². The molecule has 2 nitrogen and oxygen atoms in total. The largest absolute Gasteiger partial charge is 0.360 e. The van der Waals surface area contributed by atoms with Gasteiger partial charge >= 0.3 is 0 Å². The van der Waals surface area contributed by atoms with Gasteiger partial charge in [0, 0.05) is 21.1 Å². The standard InChI is InChI=1S/C10H6Br2ClNO/c11-5-7-4-10(14-15-7)8-3-6(13)1-2-9(8)12/h1-4H,5H2. The molecule has 0 saturated heterocycles. The Kier molecular flexibility index (Phi) is 3.49. The van der Waals surface area contributed by atoms with Gasteiger partial charge in [-0.2, -0.15) is 0 Å². The van der Waals surface area contributed by atoms with Crippen LogP contribution in [0, 0.1) is 0 Å². The van der Waals surface area contributed by atoms with E-state index in [1.807, 2.05) is 24.3 Å². The first-order valence-electron chi connectivity index (χ1n) is 4.17. The number of aromatic nitrogens is 1. The molecule has 0 atom stereocenters.